The Bertz CT molecular complexity index is 1240. The number of hydrogen-bond acceptors (Lipinski definition) is 5. The van der Waals surface area contributed by atoms with Gasteiger partial charge in [0.25, 0.3) is 0 Å². The SMILES string of the molecule is Nc1ncc2cc(-c3cccc4c3CCN4Sc3cc(Cl)ccc3Cl)ccc2n1. The zero-order chi connectivity index (χ0) is 20.0. The molecule has 1 aliphatic heterocycles. The highest BCUT2D eigenvalue weighted by Gasteiger charge is 2.24. The molecule has 0 saturated heterocycles. The maximum absolute atomic E-state index is 6.37. The van der Waals surface area contributed by atoms with Crippen LogP contribution in [0.4, 0.5) is 11.6 Å². The van der Waals surface area contributed by atoms with E-state index in [2.05, 4.69) is 44.6 Å². The summed E-state index contributed by atoms with van der Waals surface area (Å²) in [5, 5.41) is 2.37. The van der Waals surface area contributed by atoms with Crippen molar-refractivity contribution in [2.45, 2.75) is 11.3 Å². The monoisotopic (exact) mass is 438 g/mol. The zero-order valence-electron chi connectivity index (χ0n) is 15.3. The molecule has 0 atom stereocenters. The van der Waals surface area contributed by atoms with E-state index in [0.29, 0.717) is 10.0 Å². The largest absolute Gasteiger partial charge is 0.368 e. The van der Waals surface area contributed by atoms with Gasteiger partial charge in [-0.25, -0.2) is 9.97 Å². The average Bonchev–Trinajstić information content (AvgIpc) is 3.13. The number of nitrogens with two attached hydrogens (primary N) is 1. The fraction of sp³-hybridized carbons (Fsp3) is 0.0909. The normalized spacial score (nSPS) is 13.1. The van der Waals surface area contributed by atoms with Gasteiger partial charge in [-0.2, -0.15) is 0 Å². The van der Waals surface area contributed by atoms with Gasteiger partial charge in [-0.05, 0) is 71.5 Å². The number of halogens is 2. The predicted octanol–water partition coefficient (Wildman–Crippen LogP) is 6.26. The molecule has 0 bridgehead atoms. The lowest BCUT2D eigenvalue weighted by atomic mass is 9.97. The smallest absolute Gasteiger partial charge is 0.220 e. The Kier molecular flexibility index (Phi) is 4.74. The van der Waals surface area contributed by atoms with E-state index in [-0.39, 0.29) is 5.95 Å². The second-order valence-corrected chi connectivity index (χ2v) is 8.73. The highest BCUT2D eigenvalue weighted by atomic mass is 35.5. The summed E-state index contributed by atoms with van der Waals surface area (Å²) in [5.41, 5.74) is 11.5. The van der Waals surface area contributed by atoms with Gasteiger partial charge in [0.15, 0.2) is 0 Å². The molecule has 0 unspecified atom stereocenters. The molecule has 4 nitrogen and oxygen atoms in total. The Hall–Kier alpha value is -2.47. The van der Waals surface area contributed by atoms with Crippen molar-refractivity contribution in [2.75, 3.05) is 16.6 Å². The number of rotatable bonds is 3. The third-order valence-corrected chi connectivity index (χ3v) is 6.81. The number of hydrogen-bond donors (Lipinski definition) is 1. The van der Waals surface area contributed by atoms with Crippen molar-refractivity contribution >= 4 is 57.7 Å². The quantitative estimate of drug-likeness (QED) is 0.382. The summed E-state index contributed by atoms with van der Waals surface area (Å²) in [4.78, 5) is 9.37. The maximum Gasteiger partial charge on any atom is 0.220 e. The number of nitrogens with zero attached hydrogens (tertiary/aromatic N) is 3. The summed E-state index contributed by atoms with van der Waals surface area (Å²) in [5.74, 6) is 0.290. The van der Waals surface area contributed by atoms with Crippen LogP contribution in [-0.4, -0.2) is 16.5 Å². The van der Waals surface area contributed by atoms with Gasteiger partial charge in [0.05, 0.1) is 16.2 Å². The summed E-state index contributed by atoms with van der Waals surface area (Å²) >= 11 is 14.2. The van der Waals surface area contributed by atoms with E-state index in [1.807, 2.05) is 18.2 Å². The van der Waals surface area contributed by atoms with Crippen LogP contribution in [0.15, 0.2) is 65.7 Å². The molecule has 29 heavy (non-hydrogen) atoms. The van der Waals surface area contributed by atoms with Crippen molar-refractivity contribution in [3.63, 3.8) is 0 Å². The summed E-state index contributed by atoms with van der Waals surface area (Å²) in [6.07, 6.45) is 2.74. The Morgan fingerprint density at radius 2 is 1.93 bits per heavy atom. The van der Waals surface area contributed by atoms with Gasteiger partial charge in [-0.15, -0.1) is 0 Å². The Morgan fingerprint density at radius 1 is 1.03 bits per heavy atom. The molecule has 2 heterocycles. The molecule has 0 amide bonds. The minimum atomic E-state index is 0.290. The van der Waals surface area contributed by atoms with Gasteiger partial charge in [-0.3, -0.25) is 0 Å². The van der Waals surface area contributed by atoms with E-state index in [1.54, 1.807) is 24.2 Å². The van der Waals surface area contributed by atoms with Crippen molar-refractivity contribution in [3.8, 4) is 11.1 Å². The molecule has 1 aromatic heterocycles. The second-order valence-electron chi connectivity index (χ2n) is 6.82. The Labute approximate surface area is 182 Å². The molecule has 1 aliphatic rings. The topological polar surface area (TPSA) is 55.0 Å². The Balaban J connectivity index is 1.52. The van der Waals surface area contributed by atoms with Gasteiger partial charge in [-0.1, -0.05) is 41.4 Å². The van der Waals surface area contributed by atoms with Crippen LogP contribution in [0, 0.1) is 0 Å². The van der Waals surface area contributed by atoms with E-state index in [1.165, 1.54) is 16.8 Å². The summed E-state index contributed by atoms with van der Waals surface area (Å²) < 4.78 is 2.28. The van der Waals surface area contributed by atoms with Crippen LogP contribution in [0.5, 0.6) is 0 Å². The maximum atomic E-state index is 6.37. The lowest BCUT2D eigenvalue weighted by Crippen LogP contribution is -2.09. The van der Waals surface area contributed by atoms with Crippen molar-refractivity contribution in [3.05, 3.63) is 76.4 Å². The van der Waals surface area contributed by atoms with Gasteiger partial charge in [0.1, 0.15) is 0 Å². The molecule has 0 aliphatic carbocycles. The molecule has 0 spiro atoms. The van der Waals surface area contributed by atoms with Crippen molar-refractivity contribution in [1.82, 2.24) is 9.97 Å². The summed E-state index contributed by atoms with van der Waals surface area (Å²) in [6, 6.07) is 18.2. The van der Waals surface area contributed by atoms with Crippen LogP contribution in [-0.2, 0) is 6.42 Å². The molecule has 4 aromatic rings. The minimum Gasteiger partial charge on any atom is -0.368 e. The van der Waals surface area contributed by atoms with Gasteiger partial charge in [0, 0.05) is 28.0 Å². The Morgan fingerprint density at radius 3 is 2.83 bits per heavy atom. The number of benzene rings is 3. The first-order chi connectivity index (χ1) is 14.1. The number of aromatic nitrogens is 2. The molecule has 7 heteroatoms. The number of anilines is 2. The zero-order valence-corrected chi connectivity index (χ0v) is 17.6. The van der Waals surface area contributed by atoms with E-state index in [0.717, 1.165) is 34.3 Å². The fourth-order valence-electron chi connectivity index (χ4n) is 3.65. The molecule has 144 valence electrons. The predicted molar refractivity (Wildman–Crippen MR) is 123 cm³/mol. The lowest BCUT2D eigenvalue weighted by Gasteiger charge is -2.19. The summed E-state index contributed by atoms with van der Waals surface area (Å²) in [7, 11) is 0. The molecule has 0 radical (unpaired) electrons. The van der Waals surface area contributed by atoms with Crippen LogP contribution in [0.1, 0.15) is 5.56 Å². The lowest BCUT2D eigenvalue weighted by molar-refractivity contribution is 1.05. The molecule has 0 saturated carbocycles. The third-order valence-electron chi connectivity index (χ3n) is 5.00. The highest BCUT2D eigenvalue weighted by molar-refractivity contribution is 8.00. The molecule has 5 rings (SSSR count). The van der Waals surface area contributed by atoms with Crippen LogP contribution >= 0.6 is 35.1 Å². The van der Waals surface area contributed by atoms with Crippen LogP contribution in [0.3, 0.4) is 0 Å². The number of nitrogen functional groups attached to an aromatic ring is 1. The second kappa shape index (κ2) is 7.41. The van der Waals surface area contributed by atoms with E-state index < -0.39 is 0 Å². The van der Waals surface area contributed by atoms with Crippen molar-refractivity contribution in [1.29, 1.82) is 0 Å². The molecular weight excluding hydrogens is 423 g/mol. The van der Waals surface area contributed by atoms with Gasteiger partial charge >= 0.3 is 0 Å². The first kappa shape index (κ1) is 18.6. The van der Waals surface area contributed by atoms with E-state index in [9.17, 15) is 0 Å². The van der Waals surface area contributed by atoms with E-state index in [4.69, 9.17) is 28.9 Å². The molecule has 3 aromatic carbocycles. The molecular formula is C22H16Cl2N4S. The highest BCUT2D eigenvalue weighted by Crippen LogP contribution is 2.43. The minimum absolute atomic E-state index is 0.290. The van der Waals surface area contributed by atoms with Crippen LogP contribution in [0.25, 0.3) is 22.0 Å². The first-order valence-corrected chi connectivity index (χ1v) is 10.7. The third kappa shape index (κ3) is 3.50. The van der Waals surface area contributed by atoms with Crippen molar-refractivity contribution in [2.24, 2.45) is 0 Å². The molecule has 2 N–H and O–H groups in total. The van der Waals surface area contributed by atoms with E-state index >= 15 is 0 Å². The standard InChI is InChI=1S/C22H16Cl2N4S/c23-15-5-6-18(24)21(11-15)29-28-9-8-17-16(2-1-3-20(17)28)13-4-7-19-14(10-13)12-26-22(25)27-19/h1-7,10-12H,8-9H2,(H2,25,26,27). The van der Waals surface area contributed by atoms with Crippen LogP contribution in [0.2, 0.25) is 10.0 Å². The van der Waals surface area contributed by atoms with Gasteiger partial charge < -0.3 is 10.0 Å². The van der Waals surface area contributed by atoms with Gasteiger partial charge in [0.2, 0.25) is 5.95 Å². The average molecular weight is 439 g/mol. The molecule has 0 fully saturated rings. The van der Waals surface area contributed by atoms with Crippen molar-refractivity contribution < 1.29 is 0 Å². The van der Waals surface area contributed by atoms with Crippen LogP contribution < -0.4 is 10.0 Å². The first-order valence-electron chi connectivity index (χ1n) is 9.13. The fourth-order valence-corrected chi connectivity index (χ4v) is 5.13. The number of fused-ring (bicyclic) bond motifs is 2. The summed E-state index contributed by atoms with van der Waals surface area (Å²) in [6.45, 7) is 0.910.